The van der Waals surface area contributed by atoms with Gasteiger partial charge in [-0.05, 0) is 54.1 Å². The third-order valence-corrected chi connectivity index (χ3v) is 5.03. The molecule has 7 nitrogen and oxygen atoms in total. The zero-order valence-electron chi connectivity index (χ0n) is 14.4. The molecule has 1 aromatic heterocycles. The first-order valence-corrected chi connectivity index (χ1v) is 9.43. The van der Waals surface area contributed by atoms with Gasteiger partial charge in [-0.25, -0.2) is 12.8 Å². The number of halogens is 1. The van der Waals surface area contributed by atoms with E-state index in [1.54, 1.807) is 30.3 Å². The molecule has 9 heteroatoms. The van der Waals surface area contributed by atoms with Crippen LogP contribution in [0.3, 0.4) is 0 Å². The van der Waals surface area contributed by atoms with Gasteiger partial charge in [0.25, 0.3) is 10.0 Å². The fraction of sp³-hybridized carbons (Fsp3) is 0.111. The Morgan fingerprint density at radius 2 is 1.56 bits per heavy atom. The predicted octanol–water partition coefficient (Wildman–Crippen LogP) is 3.04. The van der Waals surface area contributed by atoms with E-state index >= 15 is 0 Å². The molecule has 3 aromatic rings. The Balaban J connectivity index is 1.63. The Kier molecular flexibility index (Phi) is 5.51. The molecule has 0 saturated heterocycles. The lowest BCUT2D eigenvalue weighted by atomic mass is 10.2. The molecule has 2 N–H and O–H groups in total. The zero-order valence-corrected chi connectivity index (χ0v) is 15.2. The van der Waals surface area contributed by atoms with Crippen molar-refractivity contribution in [2.45, 2.75) is 11.4 Å². The minimum Gasteiger partial charge on any atom is -0.497 e. The van der Waals surface area contributed by atoms with Crippen LogP contribution in [0.1, 0.15) is 5.56 Å². The molecule has 1 heterocycles. The number of nitrogens with zero attached hydrogens (tertiary/aromatic N) is 2. The highest BCUT2D eigenvalue weighted by Crippen LogP contribution is 2.18. The number of rotatable bonds is 7. The number of benzene rings is 2. The van der Waals surface area contributed by atoms with Crippen molar-refractivity contribution in [2.75, 3.05) is 17.1 Å². The van der Waals surface area contributed by atoms with Crippen LogP contribution in [-0.4, -0.2) is 25.7 Å². The minimum absolute atomic E-state index is 0.0867. The monoisotopic (exact) mass is 388 g/mol. The summed E-state index contributed by atoms with van der Waals surface area (Å²) in [6.45, 7) is 0.436. The van der Waals surface area contributed by atoms with Gasteiger partial charge in [0.2, 0.25) is 0 Å². The van der Waals surface area contributed by atoms with Gasteiger partial charge < -0.3 is 10.1 Å². The summed E-state index contributed by atoms with van der Waals surface area (Å²) in [5.41, 5.74) is 0.877. The minimum atomic E-state index is -3.77. The average molecular weight is 388 g/mol. The lowest BCUT2D eigenvalue weighted by Crippen LogP contribution is -2.14. The fourth-order valence-corrected chi connectivity index (χ4v) is 3.22. The van der Waals surface area contributed by atoms with E-state index in [0.29, 0.717) is 18.1 Å². The normalized spacial score (nSPS) is 11.0. The summed E-state index contributed by atoms with van der Waals surface area (Å²) in [6, 6.07) is 15.2. The van der Waals surface area contributed by atoms with Gasteiger partial charge in [0.05, 0.1) is 12.0 Å². The molecule has 0 unspecified atom stereocenters. The zero-order chi connectivity index (χ0) is 19.3. The van der Waals surface area contributed by atoms with Gasteiger partial charge in [-0.1, -0.05) is 12.1 Å². The Morgan fingerprint density at radius 3 is 2.15 bits per heavy atom. The van der Waals surface area contributed by atoms with Crippen molar-refractivity contribution in [3.63, 3.8) is 0 Å². The van der Waals surface area contributed by atoms with Crippen LogP contribution in [0.2, 0.25) is 0 Å². The van der Waals surface area contributed by atoms with Gasteiger partial charge in [0.1, 0.15) is 17.4 Å². The molecule has 27 heavy (non-hydrogen) atoms. The summed E-state index contributed by atoms with van der Waals surface area (Å²) < 4.78 is 45.0. The first-order chi connectivity index (χ1) is 13.0. The molecular formula is C18H17FN4O3S. The van der Waals surface area contributed by atoms with E-state index in [1.165, 1.54) is 37.4 Å². The van der Waals surface area contributed by atoms with Crippen molar-refractivity contribution in [2.24, 2.45) is 0 Å². The maximum absolute atomic E-state index is 12.9. The molecule has 0 radical (unpaired) electrons. The van der Waals surface area contributed by atoms with E-state index in [1.807, 2.05) is 0 Å². The largest absolute Gasteiger partial charge is 0.497 e. The van der Waals surface area contributed by atoms with Crippen LogP contribution in [0, 0.1) is 5.82 Å². The summed E-state index contributed by atoms with van der Waals surface area (Å²) in [6.07, 6.45) is 0. The van der Waals surface area contributed by atoms with Crippen molar-refractivity contribution < 1.29 is 17.5 Å². The quantitative estimate of drug-likeness (QED) is 0.646. The second-order valence-electron chi connectivity index (χ2n) is 5.56. The predicted molar refractivity (Wildman–Crippen MR) is 99.6 cm³/mol. The first-order valence-electron chi connectivity index (χ1n) is 7.95. The fourth-order valence-electron chi connectivity index (χ4n) is 2.23. The summed E-state index contributed by atoms with van der Waals surface area (Å²) in [7, 11) is -2.27. The van der Waals surface area contributed by atoms with Crippen LogP contribution < -0.4 is 14.8 Å². The SMILES string of the molecule is COc1ccc(S(=O)(=O)Nc2ccc(NCc3ccc(F)cc3)nn2)cc1. The van der Waals surface area contributed by atoms with Crippen LogP contribution in [-0.2, 0) is 16.6 Å². The number of nitrogens with one attached hydrogen (secondary N) is 2. The molecule has 0 spiro atoms. The Labute approximate surface area is 156 Å². The molecule has 2 aromatic carbocycles. The van der Waals surface area contributed by atoms with Gasteiger partial charge in [-0.15, -0.1) is 10.2 Å². The Morgan fingerprint density at radius 1 is 0.926 bits per heavy atom. The maximum Gasteiger partial charge on any atom is 0.263 e. The maximum atomic E-state index is 12.9. The van der Waals surface area contributed by atoms with E-state index in [0.717, 1.165) is 5.56 Å². The number of aromatic nitrogens is 2. The Bertz CT molecular complexity index is 992. The number of ether oxygens (including phenoxy) is 1. The number of sulfonamides is 1. The third kappa shape index (κ3) is 4.91. The number of hydrogen-bond acceptors (Lipinski definition) is 6. The van der Waals surface area contributed by atoms with Gasteiger partial charge in [-0.2, -0.15) is 0 Å². The molecule has 140 valence electrons. The van der Waals surface area contributed by atoms with E-state index in [4.69, 9.17) is 4.74 Å². The van der Waals surface area contributed by atoms with Crippen molar-refractivity contribution >= 4 is 21.7 Å². The number of hydrogen-bond donors (Lipinski definition) is 2. The summed E-state index contributed by atoms with van der Waals surface area (Å²) in [4.78, 5) is 0.0867. The molecule has 0 amide bonds. The summed E-state index contributed by atoms with van der Waals surface area (Å²) >= 11 is 0. The van der Waals surface area contributed by atoms with Gasteiger partial charge >= 0.3 is 0 Å². The van der Waals surface area contributed by atoms with Crippen molar-refractivity contribution in [1.82, 2.24) is 10.2 Å². The number of anilines is 2. The van der Waals surface area contributed by atoms with E-state index in [2.05, 4.69) is 20.2 Å². The smallest absolute Gasteiger partial charge is 0.263 e. The highest BCUT2D eigenvalue weighted by molar-refractivity contribution is 7.92. The molecule has 0 aliphatic rings. The Hall–Kier alpha value is -3.20. The summed E-state index contributed by atoms with van der Waals surface area (Å²) in [5.74, 6) is 0.822. The van der Waals surface area contributed by atoms with Crippen LogP contribution >= 0.6 is 0 Å². The molecular weight excluding hydrogens is 371 g/mol. The second kappa shape index (κ2) is 8.00. The van der Waals surface area contributed by atoms with E-state index in [-0.39, 0.29) is 16.5 Å². The highest BCUT2D eigenvalue weighted by Gasteiger charge is 2.15. The summed E-state index contributed by atoms with van der Waals surface area (Å²) in [5, 5.41) is 10.8. The topological polar surface area (TPSA) is 93.2 Å². The average Bonchev–Trinajstić information content (AvgIpc) is 2.68. The molecule has 0 bridgehead atoms. The van der Waals surface area contributed by atoms with Crippen molar-refractivity contribution in [3.8, 4) is 5.75 Å². The van der Waals surface area contributed by atoms with Crippen LogP contribution in [0.25, 0.3) is 0 Å². The van der Waals surface area contributed by atoms with Crippen LogP contribution in [0.15, 0.2) is 65.6 Å². The van der Waals surface area contributed by atoms with Crippen molar-refractivity contribution in [3.05, 3.63) is 72.0 Å². The van der Waals surface area contributed by atoms with Crippen molar-refractivity contribution in [1.29, 1.82) is 0 Å². The van der Waals surface area contributed by atoms with Gasteiger partial charge in [0.15, 0.2) is 5.82 Å². The van der Waals surface area contributed by atoms with E-state index < -0.39 is 10.0 Å². The lowest BCUT2D eigenvalue weighted by Gasteiger charge is -2.09. The molecule has 0 aliphatic heterocycles. The highest BCUT2D eigenvalue weighted by atomic mass is 32.2. The first kappa shape index (κ1) is 18.6. The molecule has 0 aliphatic carbocycles. The number of methoxy groups -OCH3 is 1. The second-order valence-corrected chi connectivity index (χ2v) is 7.25. The molecule has 3 rings (SSSR count). The molecule has 0 saturated carbocycles. The van der Waals surface area contributed by atoms with Crippen LogP contribution in [0.4, 0.5) is 16.0 Å². The molecule has 0 atom stereocenters. The third-order valence-electron chi connectivity index (χ3n) is 3.66. The van der Waals surface area contributed by atoms with Gasteiger partial charge in [-0.3, -0.25) is 4.72 Å². The standard InChI is InChI=1S/C18H17FN4O3S/c1-26-15-6-8-16(9-7-15)27(24,25)23-18-11-10-17(21-22-18)20-12-13-2-4-14(19)5-3-13/h2-11H,12H2,1H3,(H,20,21)(H,22,23). The van der Waals surface area contributed by atoms with E-state index in [9.17, 15) is 12.8 Å². The van der Waals surface area contributed by atoms with Gasteiger partial charge in [0, 0.05) is 6.54 Å². The molecule has 0 fully saturated rings. The lowest BCUT2D eigenvalue weighted by molar-refractivity contribution is 0.414. The van der Waals surface area contributed by atoms with Crippen LogP contribution in [0.5, 0.6) is 5.75 Å².